The molecule has 6 heteroatoms. The molecule has 0 aliphatic carbocycles. The molecular weight excluding hydrogens is 322 g/mol. The molecule has 0 aliphatic heterocycles. The molecular formula is C14H16BrN3O2. The minimum Gasteiger partial charge on any atom is -0.361 e. The number of carbonyl (C=O) groups excluding carboxylic acids is 1. The van der Waals surface area contributed by atoms with Crippen molar-refractivity contribution >= 4 is 27.5 Å². The first-order valence-corrected chi connectivity index (χ1v) is 6.98. The largest absolute Gasteiger partial charge is 0.361 e. The second-order valence-corrected chi connectivity index (χ2v) is 6.35. The summed E-state index contributed by atoms with van der Waals surface area (Å²) in [7, 11) is 0. The van der Waals surface area contributed by atoms with Gasteiger partial charge in [-0.3, -0.25) is 4.79 Å². The van der Waals surface area contributed by atoms with Crippen LogP contribution in [0.1, 0.15) is 42.6 Å². The van der Waals surface area contributed by atoms with Gasteiger partial charge in [-0.05, 0) is 35.0 Å². The van der Waals surface area contributed by atoms with Crippen LogP contribution in [-0.2, 0) is 5.41 Å². The molecule has 0 saturated heterocycles. The fourth-order valence-corrected chi connectivity index (χ4v) is 2.03. The first-order valence-electron chi connectivity index (χ1n) is 6.18. The maximum atomic E-state index is 12.4. The van der Waals surface area contributed by atoms with Gasteiger partial charge in [-0.2, -0.15) is 0 Å². The van der Waals surface area contributed by atoms with Crippen LogP contribution in [0.4, 0.5) is 5.69 Å². The SMILES string of the molecule is Cc1onc(C(C)(C)C)c1C(=O)Nc1ccc(Br)nc1. The maximum absolute atomic E-state index is 12.4. The number of rotatable bonds is 2. The Labute approximate surface area is 125 Å². The first-order chi connectivity index (χ1) is 9.29. The molecule has 0 bridgehead atoms. The lowest BCUT2D eigenvalue weighted by molar-refractivity contribution is 0.102. The molecule has 0 unspecified atom stereocenters. The van der Waals surface area contributed by atoms with Crippen molar-refractivity contribution in [1.29, 1.82) is 0 Å². The van der Waals surface area contributed by atoms with Crippen LogP contribution in [0.15, 0.2) is 27.5 Å². The highest BCUT2D eigenvalue weighted by Crippen LogP contribution is 2.27. The molecule has 2 rings (SSSR count). The zero-order valence-corrected chi connectivity index (χ0v) is 13.4. The lowest BCUT2D eigenvalue weighted by atomic mass is 9.88. The third-order valence-electron chi connectivity index (χ3n) is 2.79. The summed E-state index contributed by atoms with van der Waals surface area (Å²) in [5.41, 5.74) is 1.50. The molecule has 0 spiro atoms. The van der Waals surface area contributed by atoms with E-state index in [1.807, 2.05) is 20.8 Å². The summed E-state index contributed by atoms with van der Waals surface area (Å²) < 4.78 is 5.88. The van der Waals surface area contributed by atoms with Gasteiger partial charge >= 0.3 is 0 Å². The van der Waals surface area contributed by atoms with Crippen LogP contribution in [0.5, 0.6) is 0 Å². The Balaban J connectivity index is 2.30. The van der Waals surface area contributed by atoms with Gasteiger partial charge in [0.15, 0.2) is 0 Å². The molecule has 0 saturated carbocycles. The molecule has 106 valence electrons. The van der Waals surface area contributed by atoms with Crippen LogP contribution in [0.25, 0.3) is 0 Å². The van der Waals surface area contributed by atoms with E-state index in [1.165, 1.54) is 0 Å². The highest BCUT2D eigenvalue weighted by Gasteiger charge is 2.28. The monoisotopic (exact) mass is 337 g/mol. The average molecular weight is 338 g/mol. The van der Waals surface area contributed by atoms with Gasteiger partial charge < -0.3 is 9.84 Å². The summed E-state index contributed by atoms with van der Waals surface area (Å²) >= 11 is 3.25. The minimum atomic E-state index is -0.262. The van der Waals surface area contributed by atoms with E-state index in [9.17, 15) is 4.79 Å². The molecule has 0 radical (unpaired) electrons. The van der Waals surface area contributed by atoms with Crippen LogP contribution < -0.4 is 5.32 Å². The number of aryl methyl sites for hydroxylation is 1. The smallest absolute Gasteiger partial charge is 0.261 e. The Morgan fingerprint density at radius 1 is 1.35 bits per heavy atom. The molecule has 2 heterocycles. The van der Waals surface area contributed by atoms with Crippen LogP contribution in [0, 0.1) is 6.92 Å². The maximum Gasteiger partial charge on any atom is 0.261 e. The number of carbonyl (C=O) groups is 1. The van der Waals surface area contributed by atoms with Crippen molar-refractivity contribution in [2.24, 2.45) is 0 Å². The Morgan fingerprint density at radius 2 is 2.05 bits per heavy atom. The van der Waals surface area contributed by atoms with Crippen molar-refractivity contribution in [1.82, 2.24) is 10.1 Å². The molecule has 0 aromatic carbocycles. The van der Waals surface area contributed by atoms with E-state index in [1.54, 1.807) is 25.3 Å². The summed E-state index contributed by atoms with van der Waals surface area (Å²) in [4.78, 5) is 16.5. The van der Waals surface area contributed by atoms with Gasteiger partial charge in [0.1, 0.15) is 21.6 Å². The average Bonchev–Trinajstić information content (AvgIpc) is 2.74. The second kappa shape index (κ2) is 5.36. The fraction of sp³-hybridized carbons (Fsp3) is 0.357. The summed E-state index contributed by atoms with van der Waals surface area (Å²) in [6.45, 7) is 7.70. The number of nitrogens with zero attached hydrogens (tertiary/aromatic N) is 2. The van der Waals surface area contributed by atoms with Crippen molar-refractivity contribution in [3.05, 3.63) is 40.0 Å². The molecule has 0 atom stereocenters. The van der Waals surface area contributed by atoms with Crippen LogP contribution >= 0.6 is 15.9 Å². The van der Waals surface area contributed by atoms with E-state index in [2.05, 4.69) is 31.4 Å². The summed E-state index contributed by atoms with van der Waals surface area (Å²) in [6.07, 6.45) is 1.58. The zero-order chi connectivity index (χ0) is 14.9. The molecule has 2 aromatic rings. The Bertz CT molecular complexity index is 627. The van der Waals surface area contributed by atoms with Gasteiger partial charge in [0, 0.05) is 5.41 Å². The van der Waals surface area contributed by atoms with E-state index in [4.69, 9.17) is 4.52 Å². The predicted octanol–water partition coefficient (Wildman–Crippen LogP) is 3.69. The number of amides is 1. The van der Waals surface area contributed by atoms with E-state index < -0.39 is 0 Å². The number of hydrogen-bond donors (Lipinski definition) is 1. The number of nitrogens with one attached hydrogen (secondary N) is 1. The predicted molar refractivity (Wildman–Crippen MR) is 79.8 cm³/mol. The summed E-state index contributed by atoms with van der Waals surface area (Å²) in [5.74, 6) is 0.273. The third-order valence-corrected chi connectivity index (χ3v) is 3.25. The van der Waals surface area contributed by atoms with E-state index >= 15 is 0 Å². The topological polar surface area (TPSA) is 68.0 Å². The molecule has 2 aromatic heterocycles. The normalized spacial score (nSPS) is 11.4. The standard InChI is InChI=1S/C14H16BrN3O2/c1-8-11(12(18-20-8)14(2,3)4)13(19)17-9-5-6-10(15)16-7-9/h5-7H,1-4H3,(H,17,19). The summed E-state index contributed by atoms with van der Waals surface area (Å²) in [6, 6.07) is 3.54. The van der Waals surface area contributed by atoms with E-state index in [0.29, 0.717) is 27.3 Å². The molecule has 5 nitrogen and oxygen atoms in total. The lowest BCUT2D eigenvalue weighted by Crippen LogP contribution is -2.21. The first kappa shape index (κ1) is 14.7. The van der Waals surface area contributed by atoms with Crippen molar-refractivity contribution in [3.63, 3.8) is 0 Å². The van der Waals surface area contributed by atoms with Gasteiger partial charge in [0.25, 0.3) is 5.91 Å². The number of aromatic nitrogens is 2. The molecule has 0 aliphatic rings. The van der Waals surface area contributed by atoms with Crippen LogP contribution in [0.2, 0.25) is 0 Å². The van der Waals surface area contributed by atoms with Gasteiger partial charge in [0.05, 0.1) is 11.9 Å². The van der Waals surface area contributed by atoms with Crippen molar-refractivity contribution in [2.75, 3.05) is 5.32 Å². The molecule has 1 N–H and O–H groups in total. The van der Waals surface area contributed by atoms with Gasteiger partial charge in [-0.15, -0.1) is 0 Å². The fourth-order valence-electron chi connectivity index (χ4n) is 1.79. The van der Waals surface area contributed by atoms with Crippen LogP contribution in [0.3, 0.4) is 0 Å². The number of halogens is 1. The molecule has 0 fully saturated rings. The Morgan fingerprint density at radius 3 is 2.60 bits per heavy atom. The Kier molecular flexibility index (Phi) is 3.94. The van der Waals surface area contributed by atoms with Crippen molar-refractivity contribution < 1.29 is 9.32 Å². The summed E-state index contributed by atoms with van der Waals surface area (Å²) in [5, 5.41) is 6.81. The van der Waals surface area contributed by atoms with E-state index in [0.717, 1.165) is 0 Å². The van der Waals surface area contributed by atoms with Gasteiger partial charge in [-0.1, -0.05) is 25.9 Å². The van der Waals surface area contributed by atoms with E-state index in [-0.39, 0.29) is 11.3 Å². The zero-order valence-electron chi connectivity index (χ0n) is 11.8. The molecule has 20 heavy (non-hydrogen) atoms. The Hall–Kier alpha value is -1.69. The minimum absolute atomic E-state index is 0.238. The number of hydrogen-bond acceptors (Lipinski definition) is 4. The van der Waals surface area contributed by atoms with Gasteiger partial charge in [-0.25, -0.2) is 4.98 Å². The lowest BCUT2D eigenvalue weighted by Gasteiger charge is -2.16. The highest BCUT2D eigenvalue weighted by atomic mass is 79.9. The second-order valence-electron chi connectivity index (χ2n) is 5.54. The quantitative estimate of drug-likeness (QED) is 0.848. The molecule has 1 amide bonds. The van der Waals surface area contributed by atoms with Crippen molar-refractivity contribution in [2.45, 2.75) is 33.1 Å². The highest BCUT2D eigenvalue weighted by molar-refractivity contribution is 9.10. The van der Waals surface area contributed by atoms with Crippen molar-refractivity contribution in [3.8, 4) is 0 Å². The number of anilines is 1. The van der Waals surface area contributed by atoms with Gasteiger partial charge in [0.2, 0.25) is 0 Å². The van der Waals surface area contributed by atoms with Crippen LogP contribution in [-0.4, -0.2) is 16.0 Å². The number of pyridine rings is 1. The third kappa shape index (κ3) is 3.07.